The second-order valence-electron chi connectivity index (χ2n) is 5.70. The lowest BCUT2D eigenvalue weighted by atomic mass is 9.96. The standard InChI is InChI=1S/C15H28N6O/c1-4-21-12-18-19-14(21)11-17-15(16-2)20(3)8-5-13-6-9-22-10-7-13/h12-13H,4-11H2,1-3H3,(H,16,17). The number of hydrogen-bond donors (Lipinski definition) is 1. The molecule has 0 amide bonds. The molecule has 0 spiro atoms. The molecule has 22 heavy (non-hydrogen) atoms. The summed E-state index contributed by atoms with van der Waals surface area (Å²) in [7, 11) is 3.90. The maximum atomic E-state index is 5.41. The quantitative estimate of drug-likeness (QED) is 0.630. The Morgan fingerprint density at radius 3 is 2.95 bits per heavy atom. The number of guanidine groups is 1. The topological polar surface area (TPSA) is 67.6 Å². The lowest BCUT2D eigenvalue weighted by molar-refractivity contribution is 0.0625. The number of aryl methyl sites for hydroxylation is 1. The predicted octanol–water partition coefficient (Wildman–Crippen LogP) is 1.12. The third-order valence-corrected chi connectivity index (χ3v) is 4.23. The molecule has 0 unspecified atom stereocenters. The Bertz CT molecular complexity index is 466. The van der Waals surface area contributed by atoms with E-state index in [9.17, 15) is 0 Å². The number of rotatable bonds is 6. The molecule has 7 heteroatoms. The first-order chi connectivity index (χ1) is 10.7. The molecular weight excluding hydrogens is 280 g/mol. The highest BCUT2D eigenvalue weighted by atomic mass is 16.5. The Hall–Kier alpha value is -1.63. The number of nitrogens with zero attached hydrogens (tertiary/aromatic N) is 5. The number of ether oxygens (including phenoxy) is 1. The summed E-state index contributed by atoms with van der Waals surface area (Å²) in [5, 5.41) is 11.4. The van der Waals surface area contributed by atoms with Gasteiger partial charge in [0, 0.05) is 40.4 Å². The van der Waals surface area contributed by atoms with Crippen LogP contribution in [0.1, 0.15) is 32.0 Å². The second-order valence-corrected chi connectivity index (χ2v) is 5.70. The van der Waals surface area contributed by atoms with Crippen molar-refractivity contribution in [2.45, 2.75) is 39.3 Å². The van der Waals surface area contributed by atoms with Crippen LogP contribution in [0.3, 0.4) is 0 Å². The van der Waals surface area contributed by atoms with Crippen LogP contribution in [-0.4, -0.2) is 59.5 Å². The van der Waals surface area contributed by atoms with E-state index in [0.717, 1.165) is 44.0 Å². The molecule has 1 saturated heterocycles. The zero-order valence-corrected chi connectivity index (χ0v) is 14.0. The van der Waals surface area contributed by atoms with E-state index in [1.165, 1.54) is 19.3 Å². The molecule has 1 aliphatic rings. The van der Waals surface area contributed by atoms with E-state index in [-0.39, 0.29) is 0 Å². The van der Waals surface area contributed by atoms with Gasteiger partial charge in [0.25, 0.3) is 0 Å². The third kappa shape index (κ3) is 4.69. The van der Waals surface area contributed by atoms with E-state index in [0.29, 0.717) is 6.54 Å². The minimum Gasteiger partial charge on any atom is -0.381 e. The SMILES string of the molecule is CCn1cnnc1CNC(=NC)N(C)CCC1CCOCC1. The summed E-state index contributed by atoms with van der Waals surface area (Å²) in [6, 6.07) is 0. The molecule has 0 aromatic carbocycles. The number of hydrogen-bond acceptors (Lipinski definition) is 4. The summed E-state index contributed by atoms with van der Waals surface area (Å²) in [4.78, 5) is 6.54. The van der Waals surface area contributed by atoms with Crippen LogP contribution in [0, 0.1) is 5.92 Å². The molecule has 1 aromatic rings. The lowest BCUT2D eigenvalue weighted by Crippen LogP contribution is -2.40. The van der Waals surface area contributed by atoms with Crippen LogP contribution in [0.2, 0.25) is 0 Å². The fourth-order valence-corrected chi connectivity index (χ4v) is 2.74. The van der Waals surface area contributed by atoms with Crippen molar-refractivity contribution in [3.8, 4) is 0 Å². The van der Waals surface area contributed by atoms with E-state index in [1.807, 2.05) is 11.6 Å². The molecule has 2 rings (SSSR count). The van der Waals surface area contributed by atoms with Crippen LogP contribution >= 0.6 is 0 Å². The average molecular weight is 308 g/mol. The van der Waals surface area contributed by atoms with Crippen LogP contribution in [0.25, 0.3) is 0 Å². The molecule has 0 bridgehead atoms. The maximum Gasteiger partial charge on any atom is 0.193 e. The van der Waals surface area contributed by atoms with Gasteiger partial charge < -0.3 is 19.5 Å². The van der Waals surface area contributed by atoms with Crippen molar-refractivity contribution in [2.75, 3.05) is 33.9 Å². The first kappa shape index (κ1) is 16.7. The molecular formula is C15H28N6O. The largest absolute Gasteiger partial charge is 0.381 e. The smallest absolute Gasteiger partial charge is 0.193 e. The van der Waals surface area contributed by atoms with Crippen molar-refractivity contribution < 1.29 is 4.74 Å². The average Bonchev–Trinajstić information content (AvgIpc) is 3.02. The highest BCUT2D eigenvalue weighted by Gasteiger charge is 2.15. The van der Waals surface area contributed by atoms with E-state index >= 15 is 0 Å². The molecule has 0 atom stereocenters. The van der Waals surface area contributed by atoms with Crippen LogP contribution < -0.4 is 5.32 Å². The Morgan fingerprint density at radius 1 is 1.50 bits per heavy atom. The van der Waals surface area contributed by atoms with Gasteiger partial charge in [0.15, 0.2) is 11.8 Å². The molecule has 0 saturated carbocycles. The summed E-state index contributed by atoms with van der Waals surface area (Å²) in [5.74, 6) is 2.61. The highest BCUT2D eigenvalue weighted by Crippen LogP contribution is 2.18. The Kier molecular flexibility index (Phi) is 6.64. The zero-order chi connectivity index (χ0) is 15.8. The Balaban J connectivity index is 1.77. The van der Waals surface area contributed by atoms with Crippen molar-refractivity contribution in [1.29, 1.82) is 0 Å². The van der Waals surface area contributed by atoms with E-state index < -0.39 is 0 Å². The van der Waals surface area contributed by atoms with Gasteiger partial charge in [0.05, 0.1) is 6.54 Å². The third-order valence-electron chi connectivity index (χ3n) is 4.23. The van der Waals surface area contributed by atoms with Gasteiger partial charge in [0.2, 0.25) is 0 Å². The van der Waals surface area contributed by atoms with Crippen molar-refractivity contribution >= 4 is 5.96 Å². The summed E-state index contributed by atoms with van der Waals surface area (Å²) in [6.07, 6.45) is 5.30. The first-order valence-electron chi connectivity index (χ1n) is 8.10. The number of aliphatic imine (C=N–C) groups is 1. The minimum absolute atomic E-state index is 0.641. The summed E-state index contributed by atoms with van der Waals surface area (Å²) in [5.41, 5.74) is 0. The molecule has 1 aromatic heterocycles. The van der Waals surface area contributed by atoms with Crippen molar-refractivity contribution in [2.24, 2.45) is 10.9 Å². The molecule has 2 heterocycles. The molecule has 1 N–H and O–H groups in total. The van der Waals surface area contributed by atoms with Gasteiger partial charge in [0.1, 0.15) is 6.33 Å². The van der Waals surface area contributed by atoms with Crippen molar-refractivity contribution in [1.82, 2.24) is 25.0 Å². The first-order valence-corrected chi connectivity index (χ1v) is 8.10. The van der Waals surface area contributed by atoms with Gasteiger partial charge in [-0.05, 0) is 32.1 Å². The molecule has 124 valence electrons. The summed E-state index contributed by atoms with van der Waals surface area (Å²) in [6.45, 7) is 6.43. The molecule has 1 aliphatic heterocycles. The van der Waals surface area contributed by atoms with Crippen LogP contribution in [0.15, 0.2) is 11.3 Å². The molecule has 1 fully saturated rings. The highest BCUT2D eigenvalue weighted by molar-refractivity contribution is 5.79. The maximum absolute atomic E-state index is 5.41. The Labute approximate surface area is 132 Å². The van der Waals surface area contributed by atoms with Gasteiger partial charge in [-0.15, -0.1) is 10.2 Å². The predicted molar refractivity (Wildman–Crippen MR) is 86.7 cm³/mol. The molecule has 0 radical (unpaired) electrons. The monoisotopic (exact) mass is 308 g/mol. The van der Waals surface area contributed by atoms with Crippen LogP contribution in [-0.2, 0) is 17.8 Å². The van der Waals surface area contributed by atoms with E-state index in [2.05, 4.69) is 39.4 Å². The lowest BCUT2D eigenvalue weighted by Gasteiger charge is -2.26. The van der Waals surface area contributed by atoms with Gasteiger partial charge in [-0.1, -0.05) is 0 Å². The Morgan fingerprint density at radius 2 is 2.27 bits per heavy atom. The van der Waals surface area contributed by atoms with Gasteiger partial charge in [-0.3, -0.25) is 4.99 Å². The van der Waals surface area contributed by atoms with Crippen LogP contribution in [0.5, 0.6) is 0 Å². The summed E-state index contributed by atoms with van der Waals surface area (Å²) < 4.78 is 7.44. The van der Waals surface area contributed by atoms with E-state index in [4.69, 9.17) is 4.74 Å². The second kappa shape index (κ2) is 8.73. The summed E-state index contributed by atoms with van der Waals surface area (Å²) >= 11 is 0. The molecule has 7 nitrogen and oxygen atoms in total. The zero-order valence-electron chi connectivity index (χ0n) is 14.0. The fourth-order valence-electron chi connectivity index (χ4n) is 2.74. The van der Waals surface area contributed by atoms with Gasteiger partial charge in [-0.2, -0.15) is 0 Å². The van der Waals surface area contributed by atoms with Crippen molar-refractivity contribution in [3.63, 3.8) is 0 Å². The fraction of sp³-hybridized carbons (Fsp3) is 0.800. The molecule has 0 aliphatic carbocycles. The van der Waals surface area contributed by atoms with Gasteiger partial charge >= 0.3 is 0 Å². The van der Waals surface area contributed by atoms with E-state index in [1.54, 1.807) is 6.33 Å². The number of aromatic nitrogens is 3. The van der Waals surface area contributed by atoms with Gasteiger partial charge in [-0.25, -0.2) is 0 Å². The minimum atomic E-state index is 0.641. The van der Waals surface area contributed by atoms with Crippen molar-refractivity contribution in [3.05, 3.63) is 12.2 Å². The number of nitrogens with one attached hydrogen (secondary N) is 1. The normalized spacial score (nSPS) is 16.8. The van der Waals surface area contributed by atoms with Crippen LogP contribution in [0.4, 0.5) is 0 Å².